The van der Waals surface area contributed by atoms with Crippen LogP contribution in [0.3, 0.4) is 0 Å². The molecule has 0 bridgehead atoms. The van der Waals surface area contributed by atoms with Gasteiger partial charge < -0.3 is 0 Å². The maximum Gasteiger partial charge on any atom is 0.244 e. The molecule has 1 aliphatic carbocycles. The molecule has 1 unspecified atom stereocenters. The number of rotatable bonds is 7. The van der Waals surface area contributed by atoms with Crippen LogP contribution in [-0.2, 0) is 10.2 Å². The number of hydrazone groups is 1. The topological polar surface area (TPSA) is 41.5 Å². The third-order valence-corrected chi connectivity index (χ3v) is 5.75. The monoisotopic (exact) mass is 382 g/mol. The van der Waals surface area contributed by atoms with Crippen LogP contribution in [-0.4, -0.2) is 11.6 Å². The summed E-state index contributed by atoms with van der Waals surface area (Å²) in [7, 11) is 0. The van der Waals surface area contributed by atoms with E-state index in [4.69, 9.17) is 0 Å². The highest BCUT2D eigenvalue weighted by molar-refractivity contribution is 6.01. The number of nitrogens with zero attached hydrogens (tertiary/aromatic N) is 1. The van der Waals surface area contributed by atoms with Crippen molar-refractivity contribution in [2.24, 2.45) is 11.0 Å². The van der Waals surface area contributed by atoms with Crippen LogP contribution in [0.2, 0.25) is 0 Å². The number of hydrogen-bond donors (Lipinski definition) is 1. The number of hydrogen-bond acceptors (Lipinski definition) is 2. The van der Waals surface area contributed by atoms with E-state index in [1.165, 1.54) is 11.1 Å². The highest BCUT2D eigenvalue weighted by Crippen LogP contribution is 2.58. The molecule has 1 saturated carbocycles. The lowest BCUT2D eigenvalue weighted by atomic mass is 9.85. The zero-order chi connectivity index (χ0) is 20.1. The van der Waals surface area contributed by atoms with Crippen molar-refractivity contribution in [1.29, 1.82) is 0 Å². The lowest BCUT2D eigenvalue weighted by molar-refractivity contribution is -0.122. The fraction of sp³-hybridized carbons (Fsp3) is 0.231. The van der Waals surface area contributed by atoms with E-state index in [2.05, 4.69) is 41.7 Å². The third-order valence-electron chi connectivity index (χ3n) is 5.75. The van der Waals surface area contributed by atoms with Gasteiger partial charge in [0, 0.05) is 5.41 Å². The average molecular weight is 383 g/mol. The van der Waals surface area contributed by atoms with E-state index in [0.29, 0.717) is 0 Å². The molecule has 1 N–H and O–H groups in total. The van der Waals surface area contributed by atoms with Gasteiger partial charge in [-0.1, -0.05) is 104 Å². The zero-order valence-electron chi connectivity index (χ0n) is 16.7. The Morgan fingerprint density at radius 1 is 0.897 bits per heavy atom. The summed E-state index contributed by atoms with van der Waals surface area (Å²) < 4.78 is 0. The van der Waals surface area contributed by atoms with E-state index in [1.54, 1.807) is 0 Å². The molecule has 1 atom stereocenters. The van der Waals surface area contributed by atoms with Crippen LogP contribution in [0.1, 0.15) is 42.9 Å². The van der Waals surface area contributed by atoms with Gasteiger partial charge in [-0.25, -0.2) is 5.43 Å². The van der Waals surface area contributed by atoms with Gasteiger partial charge in [0.25, 0.3) is 0 Å². The first-order chi connectivity index (χ1) is 14.3. The second kappa shape index (κ2) is 8.44. The van der Waals surface area contributed by atoms with Gasteiger partial charge in [-0.05, 0) is 29.5 Å². The Bertz CT molecular complexity index is 941. The van der Waals surface area contributed by atoms with Gasteiger partial charge in [0.1, 0.15) is 0 Å². The van der Waals surface area contributed by atoms with Crippen LogP contribution >= 0.6 is 0 Å². The molecular formula is C26H26N2O. The Balaban J connectivity index is 1.59. The molecule has 0 heterocycles. The number of amides is 1. The predicted molar refractivity (Wildman–Crippen MR) is 118 cm³/mol. The average Bonchev–Trinajstić information content (AvgIpc) is 3.55. The quantitative estimate of drug-likeness (QED) is 0.436. The first kappa shape index (κ1) is 19.1. The largest absolute Gasteiger partial charge is 0.273 e. The number of carbonyl (C=O) groups is 1. The molecule has 1 amide bonds. The normalized spacial score (nSPS) is 17.6. The molecule has 0 saturated heterocycles. The van der Waals surface area contributed by atoms with Crippen molar-refractivity contribution < 1.29 is 4.79 Å². The predicted octanol–water partition coefficient (Wildman–Crippen LogP) is 5.31. The number of benzene rings is 3. The molecular weight excluding hydrogens is 356 g/mol. The first-order valence-electron chi connectivity index (χ1n) is 10.3. The molecule has 0 spiro atoms. The van der Waals surface area contributed by atoms with Crippen LogP contribution in [0.5, 0.6) is 0 Å². The van der Waals surface area contributed by atoms with Crippen molar-refractivity contribution in [2.75, 3.05) is 0 Å². The Kier molecular flexibility index (Phi) is 5.57. The molecule has 3 heteroatoms. The van der Waals surface area contributed by atoms with E-state index in [1.807, 2.05) is 66.7 Å². The minimum absolute atomic E-state index is 0.0118. The summed E-state index contributed by atoms with van der Waals surface area (Å²) in [6.07, 6.45) is 2.61. The number of nitrogens with one attached hydrogen (secondary N) is 1. The van der Waals surface area contributed by atoms with E-state index >= 15 is 0 Å². The SMILES string of the molecule is CCCC(=NNC(=O)C1CC1(c1ccccc1)c1ccccc1)c1ccccc1. The highest BCUT2D eigenvalue weighted by Gasteiger charge is 2.60. The summed E-state index contributed by atoms with van der Waals surface area (Å²) in [5, 5.41) is 4.51. The molecule has 0 aliphatic heterocycles. The molecule has 0 aromatic heterocycles. The summed E-state index contributed by atoms with van der Waals surface area (Å²) in [5.74, 6) is -0.128. The van der Waals surface area contributed by atoms with Crippen LogP contribution < -0.4 is 5.43 Å². The molecule has 3 nitrogen and oxygen atoms in total. The smallest absolute Gasteiger partial charge is 0.244 e. The van der Waals surface area contributed by atoms with Crippen molar-refractivity contribution in [2.45, 2.75) is 31.6 Å². The van der Waals surface area contributed by atoms with Crippen LogP contribution in [0.15, 0.2) is 96.1 Å². The third kappa shape index (κ3) is 3.86. The molecule has 0 radical (unpaired) electrons. The van der Waals surface area contributed by atoms with Gasteiger partial charge in [-0.3, -0.25) is 4.79 Å². The van der Waals surface area contributed by atoms with Gasteiger partial charge in [0.2, 0.25) is 5.91 Å². The fourth-order valence-electron chi connectivity index (χ4n) is 4.19. The lowest BCUT2D eigenvalue weighted by Gasteiger charge is -2.18. The van der Waals surface area contributed by atoms with Crippen LogP contribution in [0.4, 0.5) is 0 Å². The molecule has 29 heavy (non-hydrogen) atoms. The Morgan fingerprint density at radius 2 is 1.41 bits per heavy atom. The van der Waals surface area contributed by atoms with Gasteiger partial charge >= 0.3 is 0 Å². The molecule has 3 aromatic carbocycles. The van der Waals surface area contributed by atoms with Crippen molar-refractivity contribution in [3.05, 3.63) is 108 Å². The van der Waals surface area contributed by atoms with Crippen molar-refractivity contribution in [3.63, 3.8) is 0 Å². The van der Waals surface area contributed by atoms with Crippen molar-refractivity contribution in [1.82, 2.24) is 5.43 Å². The van der Waals surface area contributed by atoms with Gasteiger partial charge in [0.05, 0.1) is 11.6 Å². The summed E-state index contributed by atoms with van der Waals surface area (Å²) in [6, 6.07) is 30.7. The maximum absolute atomic E-state index is 13.1. The lowest BCUT2D eigenvalue weighted by Crippen LogP contribution is -2.26. The molecule has 1 fully saturated rings. The summed E-state index contributed by atoms with van der Waals surface area (Å²) in [6.45, 7) is 2.12. The second-order valence-corrected chi connectivity index (χ2v) is 7.61. The standard InChI is InChI=1S/C26H26N2O/c1-2-12-24(20-13-6-3-7-14-20)27-28-25(29)23-19-26(23,21-15-8-4-9-16-21)22-17-10-5-11-18-22/h3-11,13-18,23H,2,12,19H2,1H3,(H,28,29). The Hall–Kier alpha value is -3.20. The van der Waals surface area contributed by atoms with Gasteiger partial charge in [0.15, 0.2) is 0 Å². The van der Waals surface area contributed by atoms with Crippen LogP contribution in [0, 0.1) is 5.92 Å². The van der Waals surface area contributed by atoms with Crippen LogP contribution in [0.25, 0.3) is 0 Å². The van der Waals surface area contributed by atoms with E-state index < -0.39 is 0 Å². The van der Waals surface area contributed by atoms with E-state index in [9.17, 15) is 4.79 Å². The summed E-state index contributed by atoms with van der Waals surface area (Å²) in [5.41, 5.74) is 6.96. The van der Waals surface area contributed by atoms with Crippen molar-refractivity contribution >= 4 is 11.6 Å². The zero-order valence-corrected chi connectivity index (χ0v) is 16.7. The fourth-order valence-corrected chi connectivity index (χ4v) is 4.19. The maximum atomic E-state index is 13.1. The molecule has 1 aliphatic rings. The van der Waals surface area contributed by atoms with E-state index in [0.717, 1.165) is 30.5 Å². The highest BCUT2D eigenvalue weighted by atomic mass is 16.2. The molecule has 146 valence electrons. The minimum atomic E-state index is -0.264. The van der Waals surface area contributed by atoms with Crippen molar-refractivity contribution in [3.8, 4) is 0 Å². The van der Waals surface area contributed by atoms with Gasteiger partial charge in [-0.2, -0.15) is 5.10 Å². The number of carbonyl (C=O) groups excluding carboxylic acids is 1. The Labute approximate surface area is 172 Å². The van der Waals surface area contributed by atoms with Gasteiger partial charge in [-0.15, -0.1) is 0 Å². The molecule has 3 aromatic rings. The molecule has 4 rings (SSSR count). The summed E-state index contributed by atoms with van der Waals surface area (Å²) in [4.78, 5) is 13.1. The Morgan fingerprint density at radius 3 is 1.93 bits per heavy atom. The second-order valence-electron chi connectivity index (χ2n) is 7.61. The minimum Gasteiger partial charge on any atom is -0.273 e. The first-order valence-corrected chi connectivity index (χ1v) is 10.3. The summed E-state index contributed by atoms with van der Waals surface area (Å²) >= 11 is 0. The van der Waals surface area contributed by atoms with E-state index in [-0.39, 0.29) is 17.2 Å².